The molecule has 6 heteroatoms. The van der Waals surface area contributed by atoms with Crippen molar-refractivity contribution in [3.8, 4) is 12.1 Å². The van der Waals surface area contributed by atoms with Gasteiger partial charge in [0.25, 0.3) is 0 Å². The zero-order chi connectivity index (χ0) is 17.8. The highest BCUT2D eigenvalue weighted by molar-refractivity contribution is 5.59. The Morgan fingerprint density at radius 2 is 1.92 bits per heavy atom. The zero-order valence-electron chi connectivity index (χ0n) is 13.5. The van der Waals surface area contributed by atoms with E-state index in [9.17, 15) is 8.78 Å². The number of hydrogen-bond acceptors (Lipinski definition) is 4. The van der Waals surface area contributed by atoms with Crippen molar-refractivity contribution in [2.24, 2.45) is 0 Å². The molecule has 1 N–H and O–H groups in total. The normalized spacial score (nSPS) is 16.8. The van der Waals surface area contributed by atoms with E-state index in [0.717, 1.165) is 12.8 Å². The first kappa shape index (κ1) is 16.7. The van der Waals surface area contributed by atoms with Gasteiger partial charge in [-0.1, -0.05) is 6.07 Å². The molecule has 1 aliphatic rings. The molecule has 0 aliphatic carbocycles. The lowest BCUT2D eigenvalue weighted by Crippen LogP contribution is -2.42. The first-order valence-electron chi connectivity index (χ1n) is 8.02. The van der Waals surface area contributed by atoms with E-state index in [4.69, 9.17) is 10.5 Å². The summed E-state index contributed by atoms with van der Waals surface area (Å²) in [5.41, 5.74) is 1.18. The standard InChI is InChI=1S/C19H16F2N4/c20-16-4-1-5-18(15(16)11-23)24-14-3-2-8-25(12-14)19-7-6-13(10-22)9-17(19)21/h1,4-7,9,14,24H,2-3,8,12H2. The number of benzene rings is 2. The molecule has 1 heterocycles. The molecule has 0 aromatic heterocycles. The van der Waals surface area contributed by atoms with Crippen LogP contribution in [0.3, 0.4) is 0 Å². The van der Waals surface area contributed by atoms with Crippen LogP contribution in [-0.4, -0.2) is 19.1 Å². The molecule has 0 radical (unpaired) electrons. The van der Waals surface area contributed by atoms with E-state index in [-0.39, 0.29) is 17.2 Å². The fourth-order valence-electron chi connectivity index (χ4n) is 3.12. The van der Waals surface area contributed by atoms with Gasteiger partial charge in [0.2, 0.25) is 0 Å². The highest BCUT2D eigenvalue weighted by Gasteiger charge is 2.23. The van der Waals surface area contributed by atoms with Gasteiger partial charge in [0, 0.05) is 19.1 Å². The smallest absolute Gasteiger partial charge is 0.147 e. The second-order valence-corrected chi connectivity index (χ2v) is 5.98. The van der Waals surface area contributed by atoms with Crippen LogP contribution in [0.1, 0.15) is 24.0 Å². The van der Waals surface area contributed by atoms with Gasteiger partial charge in [-0.05, 0) is 43.2 Å². The Labute approximate surface area is 144 Å². The summed E-state index contributed by atoms with van der Waals surface area (Å²) in [6, 6.07) is 12.7. The van der Waals surface area contributed by atoms with Gasteiger partial charge in [0.05, 0.1) is 23.0 Å². The molecule has 1 saturated heterocycles. The van der Waals surface area contributed by atoms with Crippen molar-refractivity contribution in [3.63, 3.8) is 0 Å². The Balaban J connectivity index is 1.77. The molecule has 2 aromatic carbocycles. The largest absolute Gasteiger partial charge is 0.379 e. The SMILES string of the molecule is N#Cc1ccc(N2CCCC(Nc3cccc(F)c3C#N)C2)c(F)c1. The average Bonchev–Trinajstić information content (AvgIpc) is 2.62. The maximum Gasteiger partial charge on any atom is 0.147 e. The van der Waals surface area contributed by atoms with Gasteiger partial charge in [0.1, 0.15) is 23.3 Å². The molecule has 3 rings (SSSR count). The van der Waals surface area contributed by atoms with Crippen molar-refractivity contribution < 1.29 is 8.78 Å². The van der Waals surface area contributed by atoms with Gasteiger partial charge < -0.3 is 10.2 Å². The Morgan fingerprint density at radius 3 is 2.64 bits per heavy atom. The lowest BCUT2D eigenvalue weighted by atomic mass is 10.0. The van der Waals surface area contributed by atoms with Gasteiger partial charge >= 0.3 is 0 Å². The molecule has 0 spiro atoms. The number of halogens is 2. The topological polar surface area (TPSA) is 62.9 Å². The van der Waals surface area contributed by atoms with Crippen molar-refractivity contribution in [1.29, 1.82) is 10.5 Å². The van der Waals surface area contributed by atoms with E-state index >= 15 is 0 Å². The highest BCUT2D eigenvalue weighted by atomic mass is 19.1. The quantitative estimate of drug-likeness (QED) is 0.925. The molecule has 1 aliphatic heterocycles. The van der Waals surface area contributed by atoms with Crippen molar-refractivity contribution in [1.82, 2.24) is 0 Å². The van der Waals surface area contributed by atoms with Gasteiger partial charge in [-0.3, -0.25) is 0 Å². The van der Waals surface area contributed by atoms with E-state index in [1.165, 1.54) is 12.1 Å². The van der Waals surface area contributed by atoms with Crippen LogP contribution < -0.4 is 10.2 Å². The van der Waals surface area contributed by atoms with Gasteiger partial charge in [-0.25, -0.2) is 8.78 Å². The van der Waals surface area contributed by atoms with Crippen LogP contribution in [0.5, 0.6) is 0 Å². The molecule has 126 valence electrons. The predicted octanol–water partition coefficient (Wildman–Crippen LogP) is 3.79. The van der Waals surface area contributed by atoms with Crippen LogP contribution in [0.2, 0.25) is 0 Å². The number of piperidine rings is 1. The summed E-state index contributed by atoms with van der Waals surface area (Å²) in [7, 11) is 0. The van der Waals surface area contributed by atoms with Crippen LogP contribution >= 0.6 is 0 Å². The molecule has 4 nitrogen and oxygen atoms in total. The molecule has 1 atom stereocenters. The molecule has 0 saturated carbocycles. The van der Waals surface area contributed by atoms with E-state index < -0.39 is 11.6 Å². The van der Waals surface area contributed by atoms with E-state index in [1.54, 1.807) is 24.3 Å². The molecular formula is C19H16F2N4. The second kappa shape index (κ2) is 7.19. The number of hydrogen-bond donors (Lipinski definition) is 1. The maximum absolute atomic E-state index is 14.2. The summed E-state index contributed by atoms with van der Waals surface area (Å²) in [6.07, 6.45) is 1.68. The van der Waals surface area contributed by atoms with Crippen LogP contribution in [0.4, 0.5) is 20.2 Å². The van der Waals surface area contributed by atoms with E-state index in [0.29, 0.717) is 24.5 Å². The minimum Gasteiger partial charge on any atom is -0.379 e. The fraction of sp³-hybridized carbons (Fsp3) is 0.263. The van der Waals surface area contributed by atoms with E-state index in [1.807, 2.05) is 17.0 Å². The van der Waals surface area contributed by atoms with Gasteiger partial charge in [-0.15, -0.1) is 0 Å². The third kappa shape index (κ3) is 3.54. The third-order valence-electron chi connectivity index (χ3n) is 4.32. The first-order valence-corrected chi connectivity index (χ1v) is 8.02. The Morgan fingerprint density at radius 1 is 1.08 bits per heavy atom. The summed E-state index contributed by atoms with van der Waals surface area (Å²) in [6.45, 7) is 1.24. The average molecular weight is 338 g/mol. The summed E-state index contributed by atoms with van der Waals surface area (Å²) in [5.74, 6) is -0.985. The van der Waals surface area contributed by atoms with Crippen LogP contribution in [0, 0.1) is 34.3 Å². The van der Waals surface area contributed by atoms with E-state index in [2.05, 4.69) is 5.32 Å². The monoisotopic (exact) mass is 338 g/mol. The van der Waals surface area contributed by atoms with Crippen LogP contribution in [-0.2, 0) is 0 Å². The zero-order valence-corrected chi connectivity index (χ0v) is 13.5. The number of nitriles is 2. The van der Waals surface area contributed by atoms with Gasteiger partial charge in [-0.2, -0.15) is 10.5 Å². The summed E-state index contributed by atoms with van der Waals surface area (Å²) in [4.78, 5) is 1.91. The number of rotatable bonds is 3. The van der Waals surface area contributed by atoms with Crippen LogP contribution in [0.25, 0.3) is 0 Å². The lowest BCUT2D eigenvalue weighted by Gasteiger charge is -2.35. The Hall–Kier alpha value is -3.12. The number of anilines is 2. The molecule has 1 unspecified atom stereocenters. The second-order valence-electron chi connectivity index (χ2n) is 5.98. The minimum absolute atomic E-state index is 0.0100. The Kier molecular flexibility index (Phi) is 4.81. The van der Waals surface area contributed by atoms with Crippen molar-refractivity contribution in [2.45, 2.75) is 18.9 Å². The number of nitrogens with one attached hydrogen (secondary N) is 1. The van der Waals surface area contributed by atoms with Crippen molar-refractivity contribution in [2.75, 3.05) is 23.3 Å². The maximum atomic E-state index is 14.2. The first-order chi connectivity index (χ1) is 12.1. The summed E-state index contributed by atoms with van der Waals surface area (Å²) < 4.78 is 28.0. The summed E-state index contributed by atoms with van der Waals surface area (Å²) in [5, 5.41) is 21.2. The molecule has 1 fully saturated rings. The van der Waals surface area contributed by atoms with Crippen molar-refractivity contribution >= 4 is 11.4 Å². The summed E-state index contributed by atoms with van der Waals surface area (Å²) >= 11 is 0. The van der Waals surface area contributed by atoms with Crippen LogP contribution in [0.15, 0.2) is 36.4 Å². The van der Waals surface area contributed by atoms with Gasteiger partial charge in [0.15, 0.2) is 0 Å². The number of nitrogens with zero attached hydrogens (tertiary/aromatic N) is 3. The molecule has 25 heavy (non-hydrogen) atoms. The molecule has 0 bridgehead atoms. The highest BCUT2D eigenvalue weighted by Crippen LogP contribution is 2.26. The fourth-order valence-corrected chi connectivity index (χ4v) is 3.12. The molecule has 2 aromatic rings. The predicted molar refractivity (Wildman–Crippen MR) is 91.1 cm³/mol. The third-order valence-corrected chi connectivity index (χ3v) is 4.32. The molecule has 0 amide bonds. The Bertz CT molecular complexity index is 867. The molecular weight excluding hydrogens is 322 g/mol. The lowest BCUT2D eigenvalue weighted by molar-refractivity contribution is 0.518. The minimum atomic E-state index is -0.557. The van der Waals surface area contributed by atoms with Crippen molar-refractivity contribution in [3.05, 3.63) is 59.2 Å².